The number of nitrogens with zero attached hydrogens (tertiary/aromatic N) is 2. The van der Waals surface area contributed by atoms with Crippen LogP contribution < -0.4 is 10.5 Å². The van der Waals surface area contributed by atoms with Gasteiger partial charge in [0.1, 0.15) is 5.75 Å². The minimum absolute atomic E-state index is 0.105. The second-order valence-corrected chi connectivity index (χ2v) is 5.08. The summed E-state index contributed by atoms with van der Waals surface area (Å²) in [4.78, 5) is 18.2. The molecule has 0 unspecified atom stereocenters. The molecule has 0 radical (unpaired) electrons. The Morgan fingerprint density at radius 3 is 2.90 bits per heavy atom. The quantitative estimate of drug-likeness (QED) is 0.859. The number of carbonyl (C=O) groups excluding carboxylic acids is 1. The molecule has 0 aliphatic carbocycles. The minimum atomic E-state index is -0.105. The van der Waals surface area contributed by atoms with Crippen molar-refractivity contribution < 1.29 is 9.53 Å². The molecule has 1 aromatic carbocycles. The van der Waals surface area contributed by atoms with E-state index in [2.05, 4.69) is 4.98 Å². The molecule has 0 atom stereocenters. The zero-order chi connectivity index (χ0) is 14.5. The summed E-state index contributed by atoms with van der Waals surface area (Å²) < 4.78 is 5.40. The number of aromatic nitrogens is 1. The summed E-state index contributed by atoms with van der Waals surface area (Å²) in [6.45, 7) is 2.89. The van der Waals surface area contributed by atoms with E-state index in [-0.39, 0.29) is 5.91 Å². The van der Waals surface area contributed by atoms with Crippen molar-refractivity contribution in [3.05, 3.63) is 40.3 Å². The first-order valence-corrected chi connectivity index (χ1v) is 7.20. The van der Waals surface area contributed by atoms with Crippen LogP contribution in [0.3, 0.4) is 0 Å². The van der Waals surface area contributed by atoms with Crippen LogP contribution >= 0.6 is 11.3 Å². The highest BCUT2D eigenvalue weighted by molar-refractivity contribution is 7.07. The number of carbonyl (C=O) groups is 1. The second-order valence-electron chi connectivity index (χ2n) is 4.36. The molecule has 0 saturated carbocycles. The van der Waals surface area contributed by atoms with Crippen molar-refractivity contribution >= 4 is 22.9 Å². The maximum absolute atomic E-state index is 12.4. The van der Waals surface area contributed by atoms with Crippen molar-refractivity contribution in [3.63, 3.8) is 0 Å². The van der Waals surface area contributed by atoms with Gasteiger partial charge in [-0.15, -0.1) is 11.3 Å². The number of anilines is 1. The van der Waals surface area contributed by atoms with Crippen molar-refractivity contribution in [2.24, 2.45) is 0 Å². The Labute approximate surface area is 122 Å². The summed E-state index contributed by atoms with van der Waals surface area (Å²) in [5.41, 5.74) is 9.46. The first kappa shape index (κ1) is 14.3. The van der Waals surface area contributed by atoms with Gasteiger partial charge in [0.2, 0.25) is 0 Å². The Balaban J connectivity index is 2.15. The van der Waals surface area contributed by atoms with Gasteiger partial charge in [-0.3, -0.25) is 4.79 Å². The molecule has 106 valence electrons. The minimum Gasteiger partial charge on any atom is -0.494 e. The molecular formula is C14H17N3O2S. The lowest BCUT2D eigenvalue weighted by Crippen LogP contribution is -2.26. The van der Waals surface area contributed by atoms with E-state index in [9.17, 15) is 4.79 Å². The van der Waals surface area contributed by atoms with Gasteiger partial charge in [-0.2, -0.15) is 0 Å². The highest BCUT2D eigenvalue weighted by atomic mass is 32.1. The third-order valence-corrected chi connectivity index (χ3v) is 3.35. The molecule has 1 heterocycles. The molecule has 2 rings (SSSR count). The van der Waals surface area contributed by atoms with Crippen molar-refractivity contribution in [3.8, 4) is 5.75 Å². The number of rotatable bonds is 5. The maximum Gasteiger partial charge on any atom is 0.254 e. The Bertz CT molecular complexity index is 584. The number of hydrogen-bond donors (Lipinski definition) is 1. The van der Waals surface area contributed by atoms with Crippen molar-refractivity contribution in [2.75, 3.05) is 19.4 Å². The van der Waals surface area contributed by atoms with Gasteiger partial charge in [0.25, 0.3) is 5.91 Å². The molecule has 0 fully saturated rings. The van der Waals surface area contributed by atoms with Gasteiger partial charge >= 0.3 is 0 Å². The summed E-state index contributed by atoms with van der Waals surface area (Å²) in [6, 6.07) is 5.07. The van der Waals surface area contributed by atoms with Crippen LogP contribution in [0.15, 0.2) is 29.1 Å². The molecule has 0 spiro atoms. The summed E-state index contributed by atoms with van der Waals surface area (Å²) in [5, 5.41) is 1.93. The summed E-state index contributed by atoms with van der Waals surface area (Å²) in [5.74, 6) is 0.504. The highest BCUT2D eigenvalue weighted by Gasteiger charge is 2.14. The predicted molar refractivity (Wildman–Crippen MR) is 79.9 cm³/mol. The molecule has 6 heteroatoms. The summed E-state index contributed by atoms with van der Waals surface area (Å²) in [7, 11) is 1.74. The third-order valence-electron chi connectivity index (χ3n) is 2.72. The van der Waals surface area contributed by atoms with Gasteiger partial charge in [0.15, 0.2) is 0 Å². The normalized spacial score (nSPS) is 10.3. The number of nitrogen functional groups attached to an aromatic ring is 1. The molecule has 0 saturated heterocycles. The summed E-state index contributed by atoms with van der Waals surface area (Å²) in [6.07, 6.45) is 0. The number of benzene rings is 1. The standard InChI is InChI=1S/C14H17N3O2S/c1-3-19-13-5-10(4-11(15)6-13)14(18)17(2)7-12-8-20-9-16-12/h4-6,8-9H,3,7,15H2,1-2H3. The number of ether oxygens (including phenoxy) is 1. The van der Waals surface area contributed by atoms with Gasteiger partial charge in [0, 0.05) is 29.7 Å². The van der Waals surface area contributed by atoms with E-state index in [1.807, 2.05) is 12.3 Å². The SMILES string of the molecule is CCOc1cc(N)cc(C(=O)N(C)Cc2cscn2)c1. The molecule has 20 heavy (non-hydrogen) atoms. The zero-order valence-corrected chi connectivity index (χ0v) is 12.3. The van der Waals surface area contributed by atoms with Gasteiger partial charge in [-0.25, -0.2) is 4.98 Å². The molecule has 5 nitrogen and oxygen atoms in total. The van der Waals surface area contributed by atoms with Gasteiger partial charge in [0.05, 0.1) is 24.4 Å². The molecule has 2 aromatic rings. The summed E-state index contributed by atoms with van der Waals surface area (Å²) >= 11 is 1.51. The van der Waals surface area contributed by atoms with Crippen molar-refractivity contribution in [2.45, 2.75) is 13.5 Å². The van der Waals surface area contributed by atoms with E-state index in [1.54, 1.807) is 35.7 Å². The first-order chi connectivity index (χ1) is 9.60. The van der Waals surface area contributed by atoms with Crippen LogP contribution in [-0.4, -0.2) is 29.4 Å². The van der Waals surface area contributed by atoms with Crippen LogP contribution in [0.25, 0.3) is 0 Å². The predicted octanol–water partition coefficient (Wildman–Crippen LogP) is 2.40. The molecule has 1 aromatic heterocycles. The highest BCUT2D eigenvalue weighted by Crippen LogP contribution is 2.20. The third kappa shape index (κ3) is 3.48. The second kappa shape index (κ2) is 6.38. The number of nitrogens with two attached hydrogens (primary N) is 1. The van der Waals surface area contributed by atoms with Crippen LogP contribution in [0.4, 0.5) is 5.69 Å². The lowest BCUT2D eigenvalue weighted by atomic mass is 10.1. The van der Waals surface area contributed by atoms with Crippen molar-refractivity contribution in [1.82, 2.24) is 9.88 Å². The fourth-order valence-electron chi connectivity index (χ4n) is 1.85. The van der Waals surface area contributed by atoms with E-state index < -0.39 is 0 Å². The van der Waals surface area contributed by atoms with E-state index in [0.29, 0.717) is 30.2 Å². The monoisotopic (exact) mass is 291 g/mol. The van der Waals surface area contributed by atoms with Crippen LogP contribution in [0.5, 0.6) is 5.75 Å². The molecule has 2 N–H and O–H groups in total. The van der Waals surface area contributed by atoms with Gasteiger partial charge in [-0.05, 0) is 19.1 Å². The van der Waals surface area contributed by atoms with Crippen LogP contribution in [0.2, 0.25) is 0 Å². The molecule has 1 amide bonds. The van der Waals surface area contributed by atoms with Crippen LogP contribution in [0.1, 0.15) is 23.0 Å². The molecule has 0 bridgehead atoms. The van der Waals surface area contributed by atoms with E-state index in [4.69, 9.17) is 10.5 Å². The largest absolute Gasteiger partial charge is 0.494 e. The lowest BCUT2D eigenvalue weighted by Gasteiger charge is -2.17. The topological polar surface area (TPSA) is 68.5 Å². The van der Waals surface area contributed by atoms with Crippen LogP contribution in [-0.2, 0) is 6.54 Å². The average Bonchev–Trinajstić information content (AvgIpc) is 2.90. The molecule has 0 aliphatic heterocycles. The fourth-order valence-corrected chi connectivity index (χ4v) is 2.40. The average molecular weight is 291 g/mol. The number of thiazole rings is 1. The molecular weight excluding hydrogens is 274 g/mol. The zero-order valence-electron chi connectivity index (χ0n) is 11.5. The van der Waals surface area contributed by atoms with Crippen LogP contribution in [0, 0.1) is 0 Å². The van der Waals surface area contributed by atoms with E-state index >= 15 is 0 Å². The molecule has 0 aliphatic rings. The van der Waals surface area contributed by atoms with Gasteiger partial charge in [-0.1, -0.05) is 0 Å². The maximum atomic E-state index is 12.4. The Morgan fingerprint density at radius 1 is 1.45 bits per heavy atom. The van der Waals surface area contributed by atoms with E-state index in [1.165, 1.54) is 11.3 Å². The van der Waals surface area contributed by atoms with Crippen molar-refractivity contribution in [1.29, 1.82) is 0 Å². The smallest absolute Gasteiger partial charge is 0.254 e. The van der Waals surface area contributed by atoms with E-state index in [0.717, 1.165) is 5.69 Å². The fraction of sp³-hybridized carbons (Fsp3) is 0.286. The Morgan fingerprint density at radius 2 is 2.25 bits per heavy atom. The lowest BCUT2D eigenvalue weighted by molar-refractivity contribution is 0.0783. The number of hydrogen-bond acceptors (Lipinski definition) is 5. The first-order valence-electron chi connectivity index (χ1n) is 6.26. The number of amides is 1. The Kier molecular flexibility index (Phi) is 4.57. The Hall–Kier alpha value is -2.08. The van der Waals surface area contributed by atoms with Gasteiger partial charge < -0.3 is 15.4 Å².